The molecule has 33 heavy (non-hydrogen) atoms. The molecule has 4 heterocycles. The van der Waals surface area contributed by atoms with Crippen LogP contribution in [-0.4, -0.2) is 71.9 Å². The van der Waals surface area contributed by atoms with Gasteiger partial charge in [-0.2, -0.15) is 10.2 Å². The summed E-state index contributed by atoms with van der Waals surface area (Å²) in [6.45, 7) is 3.99. The first-order valence-electron chi connectivity index (χ1n) is 11.0. The number of hydrogen-bond donors (Lipinski definition) is 0. The first kappa shape index (κ1) is 22.7. The van der Waals surface area contributed by atoms with Gasteiger partial charge in [-0.3, -0.25) is 23.9 Å². The molecule has 0 bridgehead atoms. The number of nitrogens with zero attached hydrogens (tertiary/aromatic N) is 7. The Bertz CT molecular complexity index is 1080. The second-order valence-corrected chi connectivity index (χ2v) is 8.33. The molecule has 0 aromatic carbocycles. The Morgan fingerprint density at radius 1 is 1.18 bits per heavy atom. The van der Waals surface area contributed by atoms with Gasteiger partial charge in [-0.25, -0.2) is 0 Å². The SMILES string of the molecule is Cc1ccn(CCC(=O)N2CC(=O)N(Cc3cnn(C)c3)C[C@@H](OCc3ccncc3)C2)n1. The summed E-state index contributed by atoms with van der Waals surface area (Å²) in [5.41, 5.74) is 2.84. The van der Waals surface area contributed by atoms with E-state index in [2.05, 4.69) is 15.2 Å². The molecular formula is C23H29N7O3. The van der Waals surface area contributed by atoms with Gasteiger partial charge in [0.05, 0.1) is 31.1 Å². The molecule has 10 heteroatoms. The third-order valence-electron chi connectivity index (χ3n) is 5.58. The van der Waals surface area contributed by atoms with Crippen molar-refractivity contribution >= 4 is 11.8 Å². The van der Waals surface area contributed by atoms with Crippen molar-refractivity contribution in [3.05, 3.63) is 66.0 Å². The summed E-state index contributed by atoms with van der Waals surface area (Å²) in [7, 11) is 1.84. The van der Waals surface area contributed by atoms with Crippen LogP contribution in [0.2, 0.25) is 0 Å². The van der Waals surface area contributed by atoms with E-state index in [1.54, 1.807) is 37.8 Å². The van der Waals surface area contributed by atoms with Gasteiger partial charge in [-0.1, -0.05) is 0 Å². The van der Waals surface area contributed by atoms with E-state index in [1.807, 2.05) is 44.6 Å². The minimum Gasteiger partial charge on any atom is -0.370 e. The van der Waals surface area contributed by atoms with E-state index in [4.69, 9.17) is 4.74 Å². The summed E-state index contributed by atoms with van der Waals surface area (Å²) in [6.07, 6.45) is 8.89. The van der Waals surface area contributed by atoms with Gasteiger partial charge in [0.25, 0.3) is 0 Å². The fraction of sp³-hybridized carbons (Fsp3) is 0.435. The Morgan fingerprint density at radius 2 is 2.00 bits per heavy atom. The van der Waals surface area contributed by atoms with E-state index in [1.165, 1.54) is 0 Å². The lowest BCUT2D eigenvalue weighted by Gasteiger charge is -2.24. The number of hydrogen-bond acceptors (Lipinski definition) is 6. The first-order valence-corrected chi connectivity index (χ1v) is 11.0. The van der Waals surface area contributed by atoms with Gasteiger partial charge < -0.3 is 14.5 Å². The van der Waals surface area contributed by atoms with Gasteiger partial charge in [0.2, 0.25) is 11.8 Å². The second-order valence-electron chi connectivity index (χ2n) is 8.33. The molecule has 174 valence electrons. The summed E-state index contributed by atoms with van der Waals surface area (Å²) in [5, 5.41) is 8.53. The minimum absolute atomic E-state index is 0.0341. The quantitative estimate of drug-likeness (QED) is 0.510. The van der Waals surface area contributed by atoms with Crippen LogP contribution in [0, 0.1) is 6.92 Å². The summed E-state index contributed by atoms with van der Waals surface area (Å²) in [6, 6.07) is 5.69. The summed E-state index contributed by atoms with van der Waals surface area (Å²) >= 11 is 0. The van der Waals surface area contributed by atoms with Crippen molar-refractivity contribution in [2.75, 3.05) is 19.6 Å². The topological polar surface area (TPSA) is 98.4 Å². The average molecular weight is 452 g/mol. The maximum absolute atomic E-state index is 13.1. The number of ether oxygens (including phenoxy) is 1. The van der Waals surface area contributed by atoms with Crippen molar-refractivity contribution in [2.45, 2.75) is 39.1 Å². The zero-order valence-electron chi connectivity index (χ0n) is 19.0. The number of pyridine rings is 1. The third-order valence-corrected chi connectivity index (χ3v) is 5.58. The van der Waals surface area contributed by atoms with Gasteiger partial charge in [0.1, 0.15) is 0 Å². The summed E-state index contributed by atoms with van der Waals surface area (Å²) in [5.74, 6) is -0.186. The van der Waals surface area contributed by atoms with E-state index in [0.717, 1.165) is 16.8 Å². The highest BCUT2D eigenvalue weighted by molar-refractivity contribution is 5.85. The lowest BCUT2D eigenvalue weighted by atomic mass is 10.2. The molecule has 2 amide bonds. The summed E-state index contributed by atoms with van der Waals surface area (Å²) in [4.78, 5) is 33.5. The molecule has 3 aromatic heterocycles. The van der Waals surface area contributed by atoms with Crippen LogP contribution in [0.1, 0.15) is 23.2 Å². The van der Waals surface area contributed by atoms with Crippen LogP contribution in [0.4, 0.5) is 0 Å². The first-order chi connectivity index (χ1) is 16.0. The Labute approximate surface area is 192 Å². The van der Waals surface area contributed by atoms with Crippen molar-refractivity contribution in [3.8, 4) is 0 Å². The van der Waals surface area contributed by atoms with E-state index in [9.17, 15) is 9.59 Å². The van der Waals surface area contributed by atoms with Gasteiger partial charge >= 0.3 is 0 Å². The molecule has 1 saturated heterocycles. The fourth-order valence-electron chi connectivity index (χ4n) is 3.85. The van der Waals surface area contributed by atoms with Crippen LogP contribution < -0.4 is 0 Å². The van der Waals surface area contributed by atoms with Crippen LogP contribution in [0.3, 0.4) is 0 Å². The maximum Gasteiger partial charge on any atom is 0.242 e. The van der Waals surface area contributed by atoms with E-state index < -0.39 is 0 Å². The number of aromatic nitrogens is 5. The third kappa shape index (κ3) is 6.26. The highest BCUT2D eigenvalue weighted by atomic mass is 16.5. The summed E-state index contributed by atoms with van der Waals surface area (Å²) < 4.78 is 9.62. The number of rotatable bonds is 8. The number of amides is 2. The highest BCUT2D eigenvalue weighted by Gasteiger charge is 2.31. The molecule has 0 unspecified atom stereocenters. The molecule has 0 radical (unpaired) electrons. The van der Waals surface area contributed by atoms with Crippen molar-refractivity contribution in [2.24, 2.45) is 7.05 Å². The van der Waals surface area contributed by atoms with Crippen LogP contribution in [0.25, 0.3) is 0 Å². The molecule has 1 fully saturated rings. The number of carbonyl (C=O) groups is 2. The minimum atomic E-state index is -0.308. The molecule has 1 aliphatic rings. The lowest BCUT2D eigenvalue weighted by molar-refractivity contribution is -0.139. The molecule has 1 atom stereocenters. The van der Waals surface area contributed by atoms with Crippen molar-refractivity contribution in [1.29, 1.82) is 0 Å². The van der Waals surface area contributed by atoms with E-state index in [-0.39, 0.29) is 30.9 Å². The molecule has 1 aliphatic heterocycles. The Hall–Kier alpha value is -3.53. The second kappa shape index (κ2) is 10.4. The Balaban J connectivity index is 1.44. The normalized spacial score (nSPS) is 16.8. The van der Waals surface area contributed by atoms with Crippen molar-refractivity contribution in [3.63, 3.8) is 0 Å². The molecule has 0 N–H and O–H groups in total. The van der Waals surface area contributed by atoms with Crippen molar-refractivity contribution < 1.29 is 14.3 Å². The molecule has 0 saturated carbocycles. The van der Waals surface area contributed by atoms with E-state index >= 15 is 0 Å². The molecule has 3 aromatic rings. The van der Waals surface area contributed by atoms with Crippen LogP contribution >= 0.6 is 0 Å². The molecular weight excluding hydrogens is 422 g/mol. The number of aryl methyl sites for hydroxylation is 3. The molecule has 4 rings (SSSR count). The standard InChI is InChI=1S/C23H29N7O3/c1-18-5-9-30(26-18)10-6-22(31)29-15-21(33-17-19-3-7-24-8-4-19)14-28(23(32)16-29)13-20-11-25-27(2)12-20/h3-5,7-9,11-12,21H,6,10,13-17H2,1-2H3/t21-/m1/s1. The average Bonchev–Trinajstić information content (AvgIpc) is 3.38. The maximum atomic E-state index is 13.1. The predicted octanol–water partition coefficient (Wildman–Crippen LogP) is 1.17. The van der Waals surface area contributed by atoms with Gasteiger partial charge in [-0.05, 0) is 30.7 Å². The van der Waals surface area contributed by atoms with Crippen LogP contribution in [0.15, 0.2) is 49.2 Å². The molecule has 10 nitrogen and oxygen atoms in total. The van der Waals surface area contributed by atoms with Crippen LogP contribution in [0.5, 0.6) is 0 Å². The van der Waals surface area contributed by atoms with E-state index in [0.29, 0.717) is 32.8 Å². The Morgan fingerprint density at radius 3 is 2.70 bits per heavy atom. The van der Waals surface area contributed by atoms with Gasteiger partial charge in [-0.15, -0.1) is 0 Å². The fourth-order valence-corrected chi connectivity index (χ4v) is 3.85. The monoisotopic (exact) mass is 451 g/mol. The molecule has 0 spiro atoms. The van der Waals surface area contributed by atoms with Crippen molar-refractivity contribution in [1.82, 2.24) is 34.3 Å². The smallest absolute Gasteiger partial charge is 0.242 e. The largest absolute Gasteiger partial charge is 0.370 e. The van der Waals surface area contributed by atoms with Gasteiger partial charge in [0.15, 0.2) is 0 Å². The zero-order valence-corrected chi connectivity index (χ0v) is 19.0. The zero-order chi connectivity index (χ0) is 23.2. The van der Waals surface area contributed by atoms with Gasteiger partial charge in [0, 0.05) is 70.0 Å². The van der Waals surface area contributed by atoms with Crippen LogP contribution in [-0.2, 0) is 41.1 Å². The lowest BCUT2D eigenvalue weighted by Crippen LogP contribution is -2.40. The Kier molecular flexibility index (Phi) is 7.13. The molecule has 0 aliphatic carbocycles. The highest BCUT2D eigenvalue weighted by Crippen LogP contribution is 2.15. The predicted molar refractivity (Wildman–Crippen MR) is 120 cm³/mol. The number of carbonyl (C=O) groups excluding carboxylic acids is 2.